The minimum atomic E-state index is -0.529. The van der Waals surface area contributed by atoms with Crippen LogP contribution in [0, 0.1) is 6.92 Å². The highest BCUT2D eigenvalue weighted by Crippen LogP contribution is 2.12. The third kappa shape index (κ3) is 5.83. The number of ether oxygens (including phenoxy) is 2. The van der Waals surface area contributed by atoms with Crippen LogP contribution in [0.1, 0.15) is 17.5 Å². The molecule has 0 aliphatic heterocycles. The van der Waals surface area contributed by atoms with Gasteiger partial charge in [-0.15, -0.1) is 11.3 Å². The van der Waals surface area contributed by atoms with E-state index in [-0.39, 0.29) is 13.2 Å². The molecule has 0 saturated carbocycles. The number of esters is 1. The molecule has 0 aliphatic rings. The molecule has 6 nitrogen and oxygen atoms in total. The first-order chi connectivity index (χ1) is 9.50. The maximum absolute atomic E-state index is 11.3. The smallest absolute Gasteiger partial charge is 0.407 e. The Kier molecular flexibility index (Phi) is 6.72. The van der Waals surface area contributed by atoms with Gasteiger partial charge < -0.3 is 14.8 Å². The molecular weight excluding hydrogens is 280 g/mol. The zero-order valence-corrected chi connectivity index (χ0v) is 12.4. The SMILES string of the molecule is C=C(C)C(=O)OCCNC(=O)OCCc1scnc1C. The summed E-state index contributed by atoms with van der Waals surface area (Å²) in [6.07, 6.45) is 0.118. The van der Waals surface area contributed by atoms with Crippen LogP contribution in [0.4, 0.5) is 4.79 Å². The van der Waals surface area contributed by atoms with Crippen LogP contribution in [0.15, 0.2) is 17.7 Å². The Morgan fingerprint density at radius 1 is 1.40 bits per heavy atom. The number of nitrogens with zero attached hydrogens (tertiary/aromatic N) is 1. The number of hydrogen-bond acceptors (Lipinski definition) is 6. The molecular formula is C13H18N2O4S. The monoisotopic (exact) mass is 298 g/mol. The largest absolute Gasteiger partial charge is 0.460 e. The van der Waals surface area contributed by atoms with E-state index >= 15 is 0 Å². The van der Waals surface area contributed by atoms with Crippen molar-refractivity contribution in [2.45, 2.75) is 20.3 Å². The van der Waals surface area contributed by atoms with Crippen molar-refractivity contribution in [3.05, 3.63) is 28.2 Å². The zero-order chi connectivity index (χ0) is 15.0. The van der Waals surface area contributed by atoms with Gasteiger partial charge >= 0.3 is 12.1 Å². The molecule has 20 heavy (non-hydrogen) atoms. The lowest BCUT2D eigenvalue weighted by molar-refractivity contribution is -0.138. The van der Waals surface area contributed by atoms with E-state index in [1.54, 1.807) is 23.8 Å². The van der Waals surface area contributed by atoms with Gasteiger partial charge in [-0.1, -0.05) is 6.58 Å². The van der Waals surface area contributed by atoms with Crippen molar-refractivity contribution in [1.82, 2.24) is 10.3 Å². The molecule has 0 spiro atoms. The number of hydrogen-bond donors (Lipinski definition) is 1. The number of amides is 1. The first-order valence-corrected chi connectivity index (χ1v) is 7.01. The molecule has 0 fully saturated rings. The average Bonchev–Trinajstić information content (AvgIpc) is 2.80. The van der Waals surface area contributed by atoms with Crippen LogP contribution in [0.25, 0.3) is 0 Å². The standard InChI is InChI=1S/C13H18N2O4S/c1-9(2)12(16)18-7-5-14-13(17)19-6-4-11-10(3)15-8-20-11/h8H,1,4-7H2,2-3H3,(H,14,17). The van der Waals surface area contributed by atoms with Gasteiger partial charge in [0.15, 0.2) is 0 Å². The van der Waals surface area contributed by atoms with Crippen molar-refractivity contribution in [2.75, 3.05) is 19.8 Å². The molecule has 1 amide bonds. The van der Waals surface area contributed by atoms with Crippen molar-refractivity contribution >= 4 is 23.4 Å². The molecule has 0 saturated heterocycles. The number of carbonyl (C=O) groups excluding carboxylic acids is 2. The van der Waals surface area contributed by atoms with E-state index in [9.17, 15) is 9.59 Å². The van der Waals surface area contributed by atoms with Crippen LogP contribution in [0.2, 0.25) is 0 Å². The molecule has 7 heteroatoms. The molecule has 1 N–H and O–H groups in total. The Balaban J connectivity index is 2.08. The Morgan fingerprint density at radius 3 is 2.75 bits per heavy atom. The quantitative estimate of drug-likeness (QED) is 0.472. The van der Waals surface area contributed by atoms with Gasteiger partial charge in [-0.25, -0.2) is 14.6 Å². The van der Waals surface area contributed by atoms with Crippen molar-refractivity contribution in [2.24, 2.45) is 0 Å². The predicted octanol–water partition coefficient (Wildman–Crippen LogP) is 1.84. The number of nitrogens with one attached hydrogen (secondary N) is 1. The van der Waals surface area contributed by atoms with Gasteiger partial charge in [-0.3, -0.25) is 0 Å². The minimum Gasteiger partial charge on any atom is -0.460 e. The van der Waals surface area contributed by atoms with Gasteiger partial charge in [0.25, 0.3) is 0 Å². The molecule has 1 aromatic rings. The van der Waals surface area contributed by atoms with E-state index in [0.29, 0.717) is 18.6 Å². The second-order valence-corrected chi connectivity index (χ2v) is 5.03. The fourth-order valence-electron chi connectivity index (χ4n) is 1.27. The fraction of sp³-hybridized carbons (Fsp3) is 0.462. The molecule has 110 valence electrons. The summed E-state index contributed by atoms with van der Waals surface area (Å²) in [4.78, 5) is 27.6. The number of alkyl carbamates (subject to hydrolysis) is 1. The second-order valence-electron chi connectivity index (χ2n) is 4.09. The summed E-state index contributed by atoms with van der Waals surface area (Å²) in [7, 11) is 0. The van der Waals surface area contributed by atoms with Crippen molar-refractivity contribution < 1.29 is 19.1 Å². The number of aromatic nitrogens is 1. The van der Waals surface area contributed by atoms with E-state index < -0.39 is 12.1 Å². The van der Waals surface area contributed by atoms with E-state index in [1.165, 1.54) is 0 Å². The summed E-state index contributed by atoms with van der Waals surface area (Å²) in [6, 6.07) is 0. The minimum absolute atomic E-state index is 0.0920. The third-order valence-electron chi connectivity index (χ3n) is 2.36. The normalized spacial score (nSPS) is 9.90. The highest BCUT2D eigenvalue weighted by molar-refractivity contribution is 7.09. The van der Waals surface area contributed by atoms with E-state index in [4.69, 9.17) is 9.47 Å². The molecule has 0 aliphatic carbocycles. The predicted molar refractivity (Wildman–Crippen MR) is 75.7 cm³/mol. The molecule has 0 atom stereocenters. The summed E-state index contributed by atoms with van der Waals surface area (Å²) in [5.74, 6) is -0.471. The first kappa shape index (κ1) is 16.2. The summed E-state index contributed by atoms with van der Waals surface area (Å²) in [6.45, 7) is 7.52. The summed E-state index contributed by atoms with van der Waals surface area (Å²) < 4.78 is 9.81. The molecule has 1 rings (SSSR count). The van der Waals surface area contributed by atoms with Crippen LogP contribution >= 0.6 is 11.3 Å². The molecule has 0 aromatic carbocycles. The molecule has 1 heterocycles. The second kappa shape index (κ2) is 8.31. The lowest BCUT2D eigenvalue weighted by atomic mass is 10.3. The van der Waals surface area contributed by atoms with Crippen LogP contribution in [0.3, 0.4) is 0 Å². The van der Waals surface area contributed by atoms with Gasteiger partial charge in [0.05, 0.1) is 24.4 Å². The number of carbonyl (C=O) groups is 2. The maximum atomic E-state index is 11.3. The molecule has 0 unspecified atom stereocenters. The van der Waals surface area contributed by atoms with Crippen LogP contribution in [-0.4, -0.2) is 36.8 Å². The van der Waals surface area contributed by atoms with E-state index in [2.05, 4.69) is 16.9 Å². The Bertz CT molecular complexity index is 484. The zero-order valence-electron chi connectivity index (χ0n) is 11.6. The van der Waals surface area contributed by atoms with Crippen molar-refractivity contribution in [3.8, 4) is 0 Å². The first-order valence-electron chi connectivity index (χ1n) is 6.13. The van der Waals surface area contributed by atoms with Crippen LogP contribution in [-0.2, 0) is 20.7 Å². The van der Waals surface area contributed by atoms with Gasteiger partial charge in [0.2, 0.25) is 0 Å². The Hall–Kier alpha value is -1.89. The average molecular weight is 298 g/mol. The van der Waals surface area contributed by atoms with E-state index in [0.717, 1.165) is 10.6 Å². The Morgan fingerprint density at radius 2 is 2.15 bits per heavy atom. The third-order valence-corrected chi connectivity index (χ3v) is 3.36. The summed E-state index contributed by atoms with van der Waals surface area (Å²) in [5, 5.41) is 2.49. The molecule has 1 aromatic heterocycles. The lowest BCUT2D eigenvalue weighted by Gasteiger charge is -2.07. The van der Waals surface area contributed by atoms with Crippen LogP contribution < -0.4 is 5.32 Å². The maximum Gasteiger partial charge on any atom is 0.407 e. The fourth-order valence-corrected chi connectivity index (χ4v) is 2.04. The van der Waals surface area contributed by atoms with Gasteiger partial charge in [-0.2, -0.15) is 0 Å². The molecule has 0 radical (unpaired) electrons. The van der Waals surface area contributed by atoms with Gasteiger partial charge in [-0.05, 0) is 13.8 Å². The number of aryl methyl sites for hydroxylation is 1. The summed E-state index contributed by atoms with van der Waals surface area (Å²) >= 11 is 1.54. The van der Waals surface area contributed by atoms with Crippen molar-refractivity contribution in [1.29, 1.82) is 0 Å². The highest BCUT2D eigenvalue weighted by Gasteiger charge is 2.06. The number of rotatable bonds is 7. The van der Waals surface area contributed by atoms with Crippen molar-refractivity contribution in [3.63, 3.8) is 0 Å². The summed E-state index contributed by atoms with van der Waals surface area (Å²) in [5.41, 5.74) is 3.05. The van der Waals surface area contributed by atoms with Gasteiger partial charge in [0, 0.05) is 16.9 Å². The number of thiazole rings is 1. The Labute approximate surface area is 121 Å². The highest BCUT2D eigenvalue weighted by atomic mass is 32.1. The van der Waals surface area contributed by atoms with E-state index in [1.807, 2.05) is 6.92 Å². The topological polar surface area (TPSA) is 77.5 Å². The lowest BCUT2D eigenvalue weighted by Crippen LogP contribution is -2.29. The van der Waals surface area contributed by atoms with Crippen LogP contribution in [0.5, 0.6) is 0 Å². The van der Waals surface area contributed by atoms with Gasteiger partial charge in [0.1, 0.15) is 6.61 Å². The molecule has 0 bridgehead atoms.